The predicted octanol–water partition coefficient (Wildman–Crippen LogP) is 5.34. The van der Waals surface area contributed by atoms with Crippen molar-refractivity contribution in [1.29, 1.82) is 0 Å². The summed E-state index contributed by atoms with van der Waals surface area (Å²) in [5.74, 6) is -2.15. The Morgan fingerprint density at radius 2 is 1.51 bits per heavy atom. The molecule has 0 aromatic heterocycles. The molecule has 2 fully saturated rings. The van der Waals surface area contributed by atoms with Crippen molar-refractivity contribution in [2.45, 2.75) is 74.3 Å². The number of anilines is 1. The summed E-state index contributed by atoms with van der Waals surface area (Å²) < 4.78 is 60.0. The molecule has 2 aromatic carbocycles. The van der Waals surface area contributed by atoms with Gasteiger partial charge in [0.1, 0.15) is 0 Å². The molecular weight excluding hydrogens is 509 g/mol. The molecule has 1 amide bonds. The van der Waals surface area contributed by atoms with E-state index in [1.165, 1.54) is 37.7 Å². The van der Waals surface area contributed by atoms with Gasteiger partial charge in [0.25, 0.3) is 10.0 Å². The van der Waals surface area contributed by atoms with Gasteiger partial charge in [-0.15, -0.1) is 0 Å². The first-order valence-corrected chi connectivity index (χ1v) is 13.7. The molecule has 0 saturated heterocycles. The summed E-state index contributed by atoms with van der Waals surface area (Å²) in [4.78, 5) is 21.5. The summed E-state index contributed by atoms with van der Waals surface area (Å²) in [5.41, 5.74) is 2.23. The number of hydrogen-bond donors (Lipinski definition) is 3. The first-order chi connectivity index (χ1) is 17.4. The van der Waals surface area contributed by atoms with Crippen molar-refractivity contribution in [3.63, 3.8) is 0 Å². The lowest BCUT2D eigenvalue weighted by Gasteiger charge is -2.22. The van der Waals surface area contributed by atoms with Crippen molar-refractivity contribution >= 4 is 27.6 Å². The molecule has 37 heavy (non-hydrogen) atoms. The van der Waals surface area contributed by atoms with Crippen LogP contribution >= 0.6 is 0 Å². The van der Waals surface area contributed by atoms with Gasteiger partial charge in [-0.3, -0.25) is 9.52 Å². The minimum absolute atomic E-state index is 0.0522. The fraction of sp³-hybridized carbons (Fsp3) is 0.462. The second kappa shape index (κ2) is 11.5. The zero-order valence-electron chi connectivity index (χ0n) is 20.5. The van der Waals surface area contributed by atoms with E-state index < -0.39 is 27.6 Å². The maximum absolute atomic E-state index is 12.8. The summed E-state index contributed by atoms with van der Waals surface area (Å²) in [7, 11) is -3.65. The van der Waals surface area contributed by atoms with E-state index in [0.29, 0.717) is 18.2 Å². The number of carboxylic acids is 1. The number of carbonyl (C=O) groups excluding carboxylic acids is 1. The largest absolute Gasteiger partial charge is 0.490 e. The van der Waals surface area contributed by atoms with Crippen LogP contribution in [0.2, 0.25) is 0 Å². The fourth-order valence-corrected chi connectivity index (χ4v) is 5.59. The molecule has 0 radical (unpaired) electrons. The highest BCUT2D eigenvalue weighted by atomic mass is 32.2. The Hall–Kier alpha value is -3.08. The van der Waals surface area contributed by atoms with Gasteiger partial charge in [-0.05, 0) is 73.9 Å². The Morgan fingerprint density at radius 3 is 1.97 bits per heavy atom. The maximum Gasteiger partial charge on any atom is 0.490 e. The monoisotopic (exact) mass is 540 g/mol. The quantitative estimate of drug-likeness (QED) is 0.439. The van der Waals surface area contributed by atoms with E-state index in [-0.39, 0.29) is 10.8 Å². The number of carbonyl (C=O) groups is 2. The van der Waals surface area contributed by atoms with Gasteiger partial charge in [-0.25, -0.2) is 13.2 Å². The number of benzene rings is 2. The molecule has 0 aliphatic heterocycles. The van der Waals surface area contributed by atoms with Gasteiger partial charge in [0.2, 0.25) is 5.91 Å². The minimum Gasteiger partial charge on any atom is -0.475 e. The number of carboxylic acid groups (broad SMARTS) is 1. The van der Waals surface area contributed by atoms with E-state index >= 15 is 0 Å². The molecule has 0 heterocycles. The standard InChI is InChI=1S/C24H30N2O3S.C2HF3O2/c1-2-25-23(27)24(16-17-24)20-10-12-21(13-11-20)26-30(28,29)22-14-8-19(9-15-22)18-6-4-3-5-7-18;3-2(4,5)1(6)7/h8-15,18,26H,2-7,16-17H2,1H3,(H,25,27);(H,6,7). The minimum atomic E-state index is -5.08. The van der Waals surface area contributed by atoms with E-state index in [1.807, 2.05) is 31.2 Å². The molecule has 7 nitrogen and oxygen atoms in total. The average Bonchev–Trinajstić information content (AvgIpc) is 3.67. The number of amides is 1. The number of likely N-dealkylation sites (N-methyl/N-ethyl adjacent to an activating group) is 1. The predicted molar refractivity (Wildman–Crippen MR) is 133 cm³/mol. The molecule has 0 atom stereocenters. The topological polar surface area (TPSA) is 113 Å². The van der Waals surface area contributed by atoms with Crippen LogP contribution in [0, 0.1) is 0 Å². The average molecular weight is 541 g/mol. The fourth-order valence-electron chi connectivity index (χ4n) is 4.53. The number of halogens is 3. The van der Waals surface area contributed by atoms with Gasteiger partial charge < -0.3 is 10.4 Å². The molecule has 2 aliphatic rings. The van der Waals surface area contributed by atoms with E-state index in [4.69, 9.17) is 9.90 Å². The van der Waals surface area contributed by atoms with Gasteiger partial charge in [0.15, 0.2) is 0 Å². The molecule has 0 spiro atoms. The van der Waals surface area contributed by atoms with E-state index in [9.17, 15) is 26.4 Å². The number of alkyl halides is 3. The van der Waals surface area contributed by atoms with Crippen LogP contribution in [0.5, 0.6) is 0 Å². The number of rotatable bonds is 7. The van der Waals surface area contributed by atoms with Crippen molar-refractivity contribution < 1.29 is 36.3 Å². The van der Waals surface area contributed by atoms with Crippen LogP contribution in [0.25, 0.3) is 0 Å². The van der Waals surface area contributed by atoms with Crippen molar-refractivity contribution in [3.05, 3.63) is 59.7 Å². The molecule has 3 N–H and O–H groups in total. The van der Waals surface area contributed by atoms with Crippen LogP contribution in [0.4, 0.5) is 18.9 Å². The van der Waals surface area contributed by atoms with Crippen LogP contribution < -0.4 is 10.0 Å². The molecule has 2 aliphatic carbocycles. The lowest BCUT2D eigenvalue weighted by Crippen LogP contribution is -2.34. The third-order valence-corrected chi connectivity index (χ3v) is 8.12. The summed E-state index contributed by atoms with van der Waals surface area (Å²) in [5, 5.41) is 10.0. The second-order valence-corrected chi connectivity index (χ2v) is 11.0. The Labute approximate surface area is 214 Å². The molecule has 2 saturated carbocycles. The number of nitrogens with one attached hydrogen (secondary N) is 2. The summed E-state index contributed by atoms with van der Waals surface area (Å²) in [6, 6.07) is 14.5. The zero-order valence-corrected chi connectivity index (χ0v) is 21.3. The van der Waals surface area contributed by atoms with Gasteiger partial charge in [-0.1, -0.05) is 43.5 Å². The molecular formula is C26H31F3N2O5S. The lowest BCUT2D eigenvalue weighted by molar-refractivity contribution is -0.192. The molecule has 0 bridgehead atoms. The molecule has 0 unspecified atom stereocenters. The molecule has 202 valence electrons. The molecule has 4 rings (SSSR count). The number of aliphatic carboxylic acids is 1. The first kappa shape index (κ1) is 28.5. The van der Waals surface area contributed by atoms with Crippen LogP contribution in [-0.2, 0) is 25.0 Å². The molecule has 2 aromatic rings. The first-order valence-electron chi connectivity index (χ1n) is 12.2. The highest BCUT2D eigenvalue weighted by molar-refractivity contribution is 7.92. The SMILES string of the molecule is CCNC(=O)C1(c2ccc(NS(=O)(=O)c3ccc(C4CCCCC4)cc3)cc2)CC1.O=C(O)C(F)(F)F. The van der Waals surface area contributed by atoms with Crippen molar-refractivity contribution in [2.24, 2.45) is 0 Å². The van der Waals surface area contributed by atoms with Gasteiger partial charge in [0, 0.05) is 12.2 Å². The highest BCUT2D eigenvalue weighted by Crippen LogP contribution is 2.48. The Kier molecular flexibility index (Phi) is 8.88. The van der Waals surface area contributed by atoms with Crippen LogP contribution in [-0.4, -0.2) is 38.1 Å². The second-order valence-electron chi connectivity index (χ2n) is 9.33. The Morgan fingerprint density at radius 1 is 0.973 bits per heavy atom. The maximum atomic E-state index is 12.8. The van der Waals surface area contributed by atoms with Crippen molar-refractivity contribution in [3.8, 4) is 0 Å². The molecule has 11 heteroatoms. The Bertz CT molecular complexity index is 1190. The van der Waals surface area contributed by atoms with Crippen molar-refractivity contribution in [2.75, 3.05) is 11.3 Å². The van der Waals surface area contributed by atoms with E-state index in [2.05, 4.69) is 10.0 Å². The Balaban J connectivity index is 0.000000479. The van der Waals surface area contributed by atoms with Gasteiger partial charge >= 0.3 is 12.1 Å². The zero-order chi connectivity index (χ0) is 27.3. The normalized spacial score (nSPS) is 17.2. The summed E-state index contributed by atoms with van der Waals surface area (Å²) >= 11 is 0. The van der Waals surface area contributed by atoms with E-state index in [0.717, 1.165) is 18.4 Å². The lowest BCUT2D eigenvalue weighted by atomic mass is 9.84. The van der Waals surface area contributed by atoms with Crippen LogP contribution in [0.1, 0.15) is 68.9 Å². The van der Waals surface area contributed by atoms with E-state index in [1.54, 1.807) is 24.3 Å². The van der Waals surface area contributed by atoms with Crippen molar-refractivity contribution in [1.82, 2.24) is 5.32 Å². The highest BCUT2D eigenvalue weighted by Gasteiger charge is 2.50. The van der Waals surface area contributed by atoms with Gasteiger partial charge in [0.05, 0.1) is 10.3 Å². The third-order valence-electron chi connectivity index (χ3n) is 6.72. The van der Waals surface area contributed by atoms with Gasteiger partial charge in [-0.2, -0.15) is 13.2 Å². The summed E-state index contributed by atoms with van der Waals surface area (Å²) in [6.45, 7) is 2.52. The number of hydrogen-bond acceptors (Lipinski definition) is 4. The van der Waals surface area contributed by atoms with Crippen LogP contribution in [0.15, 0.2) is 53.4 Å². The van der Waals surface area contributed by atoms with Crippen LogP contribution in [0.3, 0.4) is 0 Å². The smallest absolute Gasteiger partial charge is 0.475 e. The summed E-state index contributed by atoms with van der Waals surface area (Å²) in [6.07, 6.45) is 2.76. The third kappa shape index (κ3) is 7.24. The number of sulfonamides is 1.